The predicted molar refractivity (Wildman–Crippen MR) is 116 cm³/mol. The Morgan fingerprint density at radius 3 is 2.26 bits per heavy atom. The van der Waals surface area contributed by atoms with Gasteiger partial charge in [-0.2, -0.15) is 0 Å². The zero-order valence-electron chi connectivity index (χ0n) is 18.3. The molecule has 0 spiro atoms. The van der Waals surface area contributed by atoms with Crippen molar-refractivity contribution in [3.8, 4) is 0 Å². The Balaban J connectivity index is 1.61. The number of nitrogens with zero attached hydrogens (tertiary/aromatic N) is 1. The molecule has 2 aromatic rings. The molecule has 1 atom stereocenters. The van der Waals surface area contributed by atoms with Crippen molar-refractivity contribution in [3.05, 3.63) is 71.0 Å². The normalized spacial score (nSPS) is 18.8. The minimum atomic E-state index is -1.22. The number of rotatable bonds is 6. The van der Waals surface area contributed by atoms with Gasteiger partial charge in [-0.15, -0.1) is 0 Å². The summed E-state index contributed by atoms with van der Waals surface area (Å²) in [4.78, 5) is 38.7. The molecule has 0 bridgehead atoms. The standard InChI is InChI=1S/C24H28FN3O3/c1-23(2,3)17-7-9-18(10-8-17)24(4)21(30)28(22(31)27-24)15-20(29)26-14-13-16-5-11-19(25)12-6-16/h5-12H,13-15H2,1-4H3,(H,26,29)(H,27,31)/t24-/m1/s1. The first-order valence-electron chi connectivity index (χ1n) is 10.3. The number of hydrogen-bond acceptors (Lipinski definition) is 3. The number of urea groups is 1. The molecule has 6 nitrogen and oxygen atoms in total. The van der Waals surface area contributed by atoms with Crippen LogP contribution in [0.5, 0.6) is 0 Å². The van der Waals surface area contributed by atoms with Crippen LogP contribution in [0.4, 0.5) is 9.18 Å². The second-order valence-corrected chi connectivity index (χ2v) is 9.00. The third-order valence-electron chi connectivity index (χ3n) is 5.55. The van der Waals surface area contributed by atoms with Gasteiger partial charge < -0.3 is 10.6 Å². The van der Waals surface area contributed by atoms with Crippen molar-refractivity contribution in [3.63, 3.8) is 0 Å². The third kappa shape index (κ3) is 4.93. The van der Waals surface area contributed by atoms with Gasteiger partial charge >= 0.3 is 6.03 Å². The van der Waals surface area contributed by atoms with Gasteiger partial charge in [0, 0.05) is 6.54 Å². The lowest BCUT2D eigenvalue weighted by Gasteiger charge is -2.24. The van der Waals surface area contributed by atoms with Gasteiger partial charge in [0.2, 0.25) is 5.91 Å². The lowest BCUT2D eigenvalue weighted by Crippen LogP contribution is -2.43. The first-order chi connectivity index (χ1) is 14.5. The van der Waals surface area contributed by atoms with Crippen molar-refractivity contribution >= 4 is 17.8 Å². The lowest BCUT2D eigenvalue weighted by atomic mass is 9.84. The fourth-order valence-electron chi connectivity index (χ4n) is 3.54. The van der Waals surface area contributed by atoms with Crippen molar-refractivity contribution in [1.82, 2.24) is 15.5 Å². The Bertz CT molecular complexity index is 981. The molecule has 7 heteroatoms. The van der Waals surface area contributed by atoms with E-state index in [1.54, 1.807) is 19.1 Å². The highest BCUT2D eigenvalue weighted by atomic mass is 19.1. The van der Waals surface area contributed by atoms with Gasteiger partial charge in [-0.25, -0.2) is 9.18 Å². The van der Waals surface area contributed by atoms with Crippen LogP contribution in [0, 0.1) is 5.82 Å². The Kier molecular flexibility index (Phi) is 6.15. The minimum absolute atomic E-state index is 0.0274. The van der Waals surface area contributed by atoms with Crippen LogP contribution < -0.4 is 10.6 Å². The van der Waals surface area contributed by atoms with Gasteiger partial charge in [0.05, 0.1) is 0 Å². The largest absolute Gasteiger partial charge is 0.354 e. The van der Waals surface area contributed by atoms with E-state index >= 15 is 0 Å². The van der Waals surface area contributed by atoms with E-state index in [1.807, 2.05) is 24.3 Å². The number of benzene rings is 2. The Morgan fingerprint density at radius 1 is 1.06 bits per heavy atom. The van der Waals surface area contributed by atoms with E-state index in [9.17, 15) is 18.8 Å². The van der Waals surface area contributed by atoms with Crippen LogP contribution in [-0.4, -0.2) is 35.8 Å². The molecule has 3 rings (SSSR count). The van der Waals surface area contributed by atoms with Crippen LogP contribution in [0.1, 0.15) is 44.4 Å². The van der Waals surface area contributed by atoms with E-state index < -0.39 is 23.4 Å². The number of carbonyl (C=O) groups is 3. The van der Waals surface area contributed by atoms with E-state index in [2.05, 4.69) is 31.4 Å². The summed E-state index contributed by atoms with van der Waals surface area (Å²) in [5.74, 6) is -1.21. The molecular formula is C24H28FN3O3. The summed E-state index contributed by atoms with van der Waals surface area (Å²) in [5.41, 5.74) is 1.41. The molecule has 1 aliphatic heterocycles. The van der Waals surface area contributed by atoms with Gasteiger partial charge in [-0.3, -0.25) is 14.5 Å². The molecular weight excluding hydrogens is 397 g/mol. The summed E-state index contributed by atoms with van der Waals surface area (Å²) in [5, 5.41) is 5.42. The maximum absolute atomic E-state index is 13.0. The van der Waals surface area contributed by atoms with Crippen LogP contribution in [0.3, 0.4) is 0 Å². The molecule has 0 saturated carbocycles. The number of carbonyl (C=O) groups excluding carboxylic acids is 3. The molecule has 2 N–H and O–H groups in total. The molecule has 31 heavy (non-hydrogen) atoms. The molecule has 4 amide bonds. The summed E-state index contributed by atoms with van der Waals surface area (Å²) >= 11 is 0. The molecule has 1 saturated heterocycles. The van der Waals surface area contributed by atoms with Crippen molar-refractivity contribution in [2.24, 2.45) is 0 Å². The molecule has 164 valence electrons. The van der Waals surface area contributed by atoms with Crippen molar-refractivity contribution < 1.29 is 18.8 Å². The molecule has 2 aromatic carbocycles. The number of halogens is 1. The Morgan fingerprint density at radius 2 is 1.68 bits per heavy atom. The first kappa shape index (κ1) is 22.5. The zero-order valence-corrected chi connectivity index (χ0v) is 18.3. The second kappa shape index (κ2) is 8.49. The minimum Gasteiger partial charge on any atom is -0.354 e. The highest BCUT2D eigenvalue weighted by Crippen LogP contribution is 2.31. The van der Waals surface area contributed by atoms with Crippen LogP contribution in [0.15, 0.2) is 48.5 Å². The molecule has 0 aliphatic carbocycles. The maximum atomic E-state index is 13.0. The van der Waals surface area contributed by atoms with Crippen LogP contribution in [0.25, 0.3) is 0 Å². The summed E-state index contributed by atoms with van der Waals surface area (Å²) in [6.07, 6.45) is 0.518. The maximum Gasteiger partial charge on any atom is 0.325 e. The lowest BCUT2D eigenvalue weighted by molar-refractivity contribution is -0.134. The molecule has 0 radical (unpaired) electrons. The van der Waals surface area contributed by atoms with Crippen LogP contribution in [-0.2, 0) is 27.0 Å². The average molecular weight is 426 g/mol. The van der Waals surface area contributed by atoms with Crippen molar-refractivity contribution in [2.45, 2.75) is 45.1 Å². The van der Waals surface area contributed by atoms with Gasteiger partial charge in [0.1, 0.15) is 17.9 Å². The smallest absolute Gasteiger partial charge is 0.325 e. The summed E-state index contributed by atoms with van der Waals surface area (Å²) < 4.78 is 12.9. The highest BCUT2D eigenvalue weighted by molar-refractivity contribution is 6.09. The fraction of sp³-hybridized carbons (Fsp3) is 0.375. The summed E-state index contributed by atoms with van der Waals surface area (Å²) in [6, 6.07) is 13.0. The summed E-state index contributed by atoms with van der Waals surface area (Å²) in [6.45, 7) is 7.91. The fourth-order valence-corrected chi connectivity index (χ4v) is 3.54. The first-order valence-corrected chi connectivity index (χ1v) is 10.3. The van der Waals surface area contributed by atoms with E-state index in [0.717, 1.165) is 16.0 Å². The zero-order chi connectivity index (χ0) is 22.8. The van der Waals surface area contributed by atoms with E-state index in [1.165, 1.54) is 12.1 Å². The van der Waals surface area contributed by atoms with Crippen LogP contribution in [0.2, 0.25) is 0 Å². The quantitative estimate of drug-likeness (QED) is 0.698. The predicted octanol–water partition coefficient (Wildman–Crippen LogP) is 3.25. The van der Waals surface area contributed by atoms with Gasteiger partial charge in [-0.05, 0) is 47.6 Å². The molecule has 0 aromatic heterocycles. The second-order valence-electron chi connectivity index (χ2n) is 9.00. The molecule has 1 heterocycles. The van der Waals surface area contributed by atoms with Gasteiger partial charge in [0.25, 0.3) is 5.91 Å². The number of hydrogen-bond donors (Lipinski definition) is 2. The topological polar surface area (TPSA) is 78.5 Å². The number of imide groups is 1. The van der Waals surface area contributed by atoms with Crippen molar-refractivity contribution in [1.29, 1.82) is 0 Å². The van der Waals surface area contributed by atoms with Crippen LogP contribution >= 0.6 is 0 Å². The number of amides is 4. The van der Waals surface area contributed by atoms with Crippen molar-refractivity contribution in [2.75, 3.05) is 13.1 Å². The van der Waals surface area contributed by atoms with E-state index in [-0.39, 0.29) is 17.8 Å². The molecule has 1 aliphatic rings. The highest BCUT2D eigenvalue weighted by Gasteiger charge is 2.49. The number of nitrogens with one attached hydrogen (secondary N) is 2. The van der Waals surface area contributed by atoms with E-state index in [0.29, 0.717) is 18.5 Å². The third-order valence-corrected chi connectivity index (χ3v) is 5.55. The SMILES string of the molecule is CC(C)(C)c1ccc([C@@]2(C)NC(=O)N(CC(=O)NCCc3ccc(F)cc3)C2=O)cc1. The van der Waals surface area contributed by atoms with Gasteiger partial charge in [0.15, 0.2) is 0 Å². The van der Waals surface area contributed by atoms with E-state index in [4.69, 9.17) is 0 Å². The summed E-state index contributed by atoms with van der Waals surface area (Å²) in [7, 11) is 0. The van der Waals surface area contributed by atoms with Gasteiger partial charge in [-0.1, -0.05) is 57.2 Å². The Hall–Kier alpha value is -3.22. The average Bonchev–Trinajstić information content (AvgIpc) is 2.93. The monoisotopic (exact) mass is 425 g/mol. The molecule has 0 unspecified atom stereocenters. The molecule has 1 fully saturated rings. The Labute approximate surface area is 181 Å².